The zero-order valence-electron chi connectivity index (χ0n) is 12.8. The fraction of sp³-hybridized carbons (Fsp3) is 0.625. The average Bonchev–Trinajstić information content (AvgIpc) is 2.30. The van der Waals surface area contributed by atoms with Gasteiger partial charge in [-0.1, -0.05) is 6.07 Å². The molecule has 1 saturated heterocycles. The summed E-state index contributed by atoms with van der Waals surface area (Å²) in [6, 6.07) is 6.81. The lowest BCUT2D eigenvalue weighted by molar-refractivity contribution is 0.0932. The zero-order valence-corrected chi connectivity index (χ0v) is 12.8. The molecule has 1 unspecified atom stereocenters. The molecule has 1 heterocycles. The first-order valence-corrected chi connectivity index (χ1v) is 7.00. The molecule has 0 spiro atoms. The molecule has 106 valence electrons. The van der Waals surface area contributed by atoms with Crippen LogP contribution in [0.3, 0.4) is 0 Å². The van der Waals surface area contributed by atoms with Gasteiger partial charge in [0.15, 0.2) is 0 Å². The first kappa shape index (κ1) is 14.4. The lowest BCUT2D eigenvalue weighted by atomic mass is 9.95. The molecule has 1 aliphatic rings. The number of hydrogen-bond acceptors (Lipinski definition) is 3. The van der Waals surface area contributed by atoms with Crippen LogP contribution in [0.1, 0.15) is 25.0 Å². The summed E-state index contributed by atoms with van der Waals surface area (Å²) in [5, 5.41) is 9.68. The number of hydrogen-bond donors (Lipinski definition) is 1. The molecule has 1 N–H and O–H groups in total. The van der Waals surface area contributed by atoms with Crippen LogP contribution in [0, 0.1) is 13.8 Å². The summed E-state index contributed by atoms with van der Waals surface area (Å²) in [6.07, 6.45) is 0. The first-order valence-electron chi connectivity index (χ1n) is 7.00. The van der Waals surface area contributed by atoms with Gasteiger partial charge in [-0.25, -0.2) is 0 Å². The van der Waals surface area contributed by atoms with Crippen LogP contribution < -0.4 is 4.90 Å². The van der Waals surface area contributed by atoms with Gasteiger partial charge in [0.25, 0.3) is 0 Å². The van der Waals surface area contributed by atoms with Crippen molar-refractivity contribution < 1.29 is 5.11 Å². The monoisotopic (exact) mass is 262 g/mol. The summed E-state index contributed by atoms with van der Waals surface area (Å²) in [5.74, 6) is 0. The normalized spacial score (nSPS) is 23.7. The van der Waals surface area contributed by atoms with Crippen LogP contribution in [0.4, 0.5) is 5.69 Å². The van der Waals surface area contributed by atoms with Crippen molar-refractivity contribution in [2.75, 3.05) is 31.6 Å². The Labute approximate surface area is 116 Å². The van der Waals surface area contributed by atoms with Crippen LogP contribution in [-0.2, 0) is 0 Å². The molecule has 3 heteroatoms. The van der Waals surface area contributed by atoms with Gasteiger partial charge in [0.2, 0.25) is 0 Å². The van der Waals surface area contributed by atoms with Crippen molar-refractivity contribution in [2.45, 2.75) is 39.3 Å². The maximum atomic E-state index is 9.68. The number of aryl methyl sites for hydroxylation is 2. The van der Waals surface area contributed by atoms with E-state index in [0.717, 1.165) is 13.1 Å². The Hall–Kier alpha value is -1.06. The van der Waals surface area contributed by atoms with E-state index in [1.807, 2.05) is 0 Å². The molecule has 0 bridgehead atoms. The van der Waals surface area contributed by atoms with Crippen molar-refractivity contribution in [1.82, 2.24) is 4.90 Å². The van der Waals surface area contributed by atoms with Gasteiger partial charge in [-0.3, -0.25) is 4.90 Å². The lowest BCUT2D eigenvalue weighted by Crippen LogP contribution is -2.63. The van der Waals surface area contributed by atoms with Gasteiger partial charge in [0.05, 0.1) is 12.6 Å². The zero-order chi connectivity index (χ0) is 14.2. The molecule has 19 heavy (non-hydrogen) atoms. The second-order valence-electron chi connectivity index (χ2n) is 6.50. The van der Waals surface area contributed by atoms with Gasteiger partial charge < -0.3 is 10.0 Å². The molecule has 2 rings (SSSR count). The highest BCUT2D eigenvalue weighted by Gasteiger charge is 2.36. The van der Waals surface area contributed by atoms with E-state index >= 15 is 0 Å². The van der Waals surface area contributed by atoms with E-state index in [1.165, 1.54) is 16.8 Å². The molecule has 1 aromatic carbocycles. The van der Waals surface area contributed by atoms with E-state index in [0.29, 0.717) is 0 Å². The molecular weight excluding hydrogens is 236 g/mol. The highest BCUT2D eigenvalue weighted by atomic mass is 16.3. The summed E-state index contributed by atoms with van der Waals surface area (Å²) in [7, 11) is 2.14. The molecule has 1 aromatic rings. The van der Waals surface area contributed by atoms with Crippen LogP contribution in [0.15, 0.2) is 18.2 Å². The number of likely N-dealkylation sites (N-methyl/N-ethyl adjacent to an activating group) is 1. The van der Waals surface area contributed by atoms with Crippen LogP contribution in [0.2, 0.25) is 0 Å². The van der Waals surface area contributed by atoms with Gasteiger partial charge in [0.1, 0.15) is 0 Å². The van der Waals surface area contributed by atoms with Gasteiger partial charge in [0, 0.05) is 24.3 Å². The minimum Gasteiger partial charge on any atom is -0.394 e. The maximum absolute atomic E-state index is 9.68. The number of aliphatic hydroxyl groups excluding tert-OH is 1. The summed E-state index contributed by atoms with van der Waals surface area (Å²) < 4.78 is 0. The first-order chi connectivity index (χ1) is 8.83. The van der Waals surface area contributed by atoms with Crippen molar-refractivity contribution in [3.8, 4) is 0 Å². The van der Waals surface area contributed by atoms with E-state index in [-0.39, 0.29) is 18.2 Å². The highest BCUT2D eigenvalue weighted by Crippen LogP contribution is 2.29. The number of aliphatic hydroxyl groups is 1. The van der Waals surface area contributed by atoms with Gasteiger partial charge in [-0.15, -0.1) is 0 Å². The summed E-state index contributed by atoms with van der Waals surface area (Å²) in [6.45, 7) is 10.8. The molecule has 0 saturated carbocycles. The minimum atomic E-state index is 0.128. The standard InChI is InChI=1S/C16H26N2O/c1-12-6-13(2)8-14(7-12)18-11-16(3,4)17(5)9-15(18)10-19/h6-8,15,19H,9-11H2,1-5H3. The number of anilines is 1. The van der Waals surface area contributed by atoms with Crippen LogP contribution in [0.25, 0.3) is 0 Å². The van der Waals surface area contributed by atoms with Crippen LogP contribution >= 0.6 is 0 Å². The van der Waals surface area contributed by atoms with Crippen molar-refractivity contribution in [1.29, 1.82) is 0 Å². The van der Waals surface area contributed by atoms with Crippen molar-refractivity contribution in [3.05, 3.63) is 29.3 Å². The fourth-order valence-electron chi connectivity index (χ4n) is 2.90. The number of nitrogens with zero attached hydrogens (tertiary/aromatic N) is 2. The molecule has 1 fully saturated rings. The quantitative estimate of drug-likeness (QED) is 0.885. The second kappa shape index (κ2) is 5.14. The number of piperazine rings is 1. The third-order valence-electron chi connectivity index (χ3n) is 4.26. The van der Waals surface area contributed by atoms with Crippen LogP contribution in [0.5, 0.6) is 0 Å². The van der Waals surface area contributed by atoms with Gasteiger partial charge in [-0.2, -0.15) is 0 Å². The van der Waals surface area contributed by atoms with Crippen molar-refractivity contribution in [3.63, 3.8) is 0 Å². The Morgan fingerprint density at radius 2 is 1.79 bits per heavy atom. The van der Waals surface area contributed by atoms with Crippen molar-refractivity contribution in [2.24, 2.45) is 0 Å². The van der Waals surface area contributed by atoms with Crippen molar-refractivity contribution >= 4 is 5.69 Å². The molecule has 1 atom stereocenters. The molecular formula is C16H26N2O. The van der Waals surface area contributed by atoms with E-state index in [2.05, 4.69) is 62.7 Å². The smallest absolute Gasteiger partial charge is 0.0648 e. The maximum Gasteiger partial charge on any atom is 0.0648 e. The predicted octanol–water partition coefficient (Wildman–Crippen LogP) is 2.19. The molecule has 0 aromatic heterocycles. The Balaban J connectivity index is 2.34. The van der Waals surface area contributed by atoms with Crippen LogP contribution in [-0.4, -0.2) is 48.3 Å². The molecule has 1 aliphatic heterocycles. The largest absolute Gasteiger partial charge is 0.394 e. The number of benzene rings is 1. The van der Waals surface area contributed by atoms with E-state index in [1.54, 1.807) is 0 Å². The van der Waals surface area contributed by atoms with E-state index in [9.17, 15) is 5.11 Å². The lowest BCUT2D eigenvalue weighted by Gasteiger charge is -2.50. The summed E-state index contributed by atoms with van der Waals surface area (Å²) in [5.41, 5.74) is 3.92. The summed E-state index contributed by atoms with van der Waals surface area (Å²) >= 11 is 0. The number of rotatable bonds is 2. The van der Waals surface area contributed by atoms with Gasteiger partial charge >= 0.3 is 0 Å². The summed E-state index contributed by atoms with van der Waals surface area (Å²) in [4.78, 5) is 4.70. The average molecular weight is 262 g/mol. The Kier molecular flexibility index (Phi) is 3.88. The Morgan fingerprint density at radius 1 is 1.21 bits per heavy atom. The highest BCUT2D eigenvalue weighted by molar-refractivity contribution is 5.53. The second-order valence-corrected chi connectivity index (χ2v) is 6.50. The molecule has 0 aliphatic carbocycles. The van der Waals surface area contributed by atoms with E-state index < -0.39 is 0 Å². The third-order valence-corrected chi connectivity index (χ3v) is 4.26. The Morgan fingerprint density at radius 3 is 2.32 bits per heavy atom. The molecule has 0 amide bonds. The van der Waals surface area contributed by atoms with E-state index in [4.69, 9.17) is 0 Å². The fourth-order valence-corrected chi connectivity index (χ4v) is 2.90. The molecule has 0 radical (unpaired) electrons. The topological polar surface area (TPSA) is 26.7 Å². The third kappa shape index (κ3) is 2.93. The SMILES string of the molecule is Cc1cc(C)cc(N2CC(C)(C)N(C)CC2CO)c1. The molecule has 3 nitrogen and oxygen atoms in total. The Bertz CT molecular complexity index is 436. The predicted molar refractivity (Wildman–Crippen MR) is 80.8 cm³/mol. The minimum absolute atomic E-state index is 0.128. The van der Waals surface area contributed by atoms with Gasteiger partial charge in [-0.05, 0) is 58.0 Å².